The molecule has 28 heavy (non-hydrogen) atoms. The number of anilines is 1. The van der Waals surface area contributed by atoms with Gasteiger partial charge in [0.15, 0.2) is 5.69 Å². The first-order valence-electron chi connectivity index (χ1n) is 9.12. The van der Waals surface area contributed by atoms with Crippen LogP contribution in [0.4, 0.5) is 5.69 Å². The van der Waals surface area contributed by atoms with E-state index in [1.54, 1.807) is 40.0 Å². The summed E-state index contributed by atoms with van der Waals surface area (Å²) in [7, 11) is 0. The molecule has 1 aromatic carbocycles. The van der Waals surface area contributed by atoms with Crippen LogP contribution < -0.4 is 15.5 Å². The Bertz CT molecular complexity index is 835. The Hall–Kier alpha value is -2.16. The average Bonchev–Trinajstić information content (AvgIpc) is 3.31. The molecule has 0 aliphatic carbocycles. The van der Waals surface area contributed by atoms with E-state index in [1.807, 2.05) is 0 Å². The van der Waals surface area contributed by atoms with Crippen molar-refractivity contribution in [2.75, 3.05) is 24.5 Å². The van der Waals surface area contributed by atoms with Gasteiger partial charge in [-0.3, -0.25) is 9.59 Å². The van der Waals surface area contributed by atoms with Gasteiger partial charge in [0.1, 0.15) is 6.04 Å². The van der Waals surface area contributed by atoms with Crippen LogP contribution >= 0.6 is 24.0 Å². The molecule has 3 heterocycles. The second-order valence-electron chi connectivity index (χ2n) is 6.85. The molecule has 0 saturated carbocycles. The van der Waals surface area contributed by atoms with Gasteiger partial charge in [-0.15, -0.1) is 17.5 Å². The average molecular weight is 425 g/mol. The molecular formula is C18H22Cl2N6O2. The van der Waals surface area contributed by atoms with Gasteiger partial charge >= 0.3 is 0 Å². The summed E-state index contributed by atoms with van der Waals surface area (Å²) < 4.78 is 1.76. The molecule has 2 aliphatic heterocycles. The molecule has 2 saturated heterocycles. The zero-order valence-corrected chi connectivity index (χ0v) is 16.7. The molecule has 2 aromatic rings. The zero-order chi connectivity index (χ0) is 18.8. The number of hydrogen-bond acceptors (Lipinski definition) is 5. The fourth-order valence-electron chi connectivity index (χ4n) is 3.55. The monoisotopic (exact) mass is 424 g/mol. The van der Waals surface area contributed by atoms with E-state index in [4.69, 9.17) is 11.6 Å². The second kappa shape index (κ2) is 8.89. The van der Waals surface area contributed by atoms with Crippen molar-refractivity contribution in [1.29, 1.82) is 0 Å². The largest absolute Gasteiger partial charge is 0.339 e. The Morgan fingerprint density at radius 1 is 1.18 bits per heavy atom. The number of nitrogens with one attached hydrogen (secondary N) is 2. The predicted octanol–water partition coefficient (Wildman–Crippen LogP) is 1.81. The van der Waals surface area contributed by atoms with E-state index in [2.05, 4.69) is 20.9 Å². The Kier molecular flexibility index (Phi) is 6.53. The Morgan fingerprint density at radius 3 is 2.61 bits per heavy atom. The van der Waals surface area contributed by atoms with Crippen LogP contribution in [0.3, 0.4) is 0 Å². The maximum absolute atomic E-state index is 12.6. The molecule has 2 amide bonds. The molecule has 0 spiro atoms. The molecule has 0 bridgehead atoms. The van der Waals surface area contributed by atoms with Gasteiger partial charge in [-0.05, 0) is 56.6 Å². The third kappa shape index (κ3) is 4.29. The van der Waals surface area contributed by atoms with Gasteiger partial charge in [-0.25, -0.2) is 4.68 Å². The number of benzene rings is 1. The molecule has 2 fully saturated rings. The Balaban J connectivity index is 0.00000225. The van der Waals surface area contributed by atoms with Crippen molar-refractivity contribution < 1.29 is 9.59 Å². The quantitative estimate of drug-likeness (QED) is 0.780. The van der Waals surface area contributed by atoms with Gasteiger partial charge < -0.3 is 15.5 Å². The summed E-state index contributed by atoms with van der Waals surface area (Å²) in [5.74, 6) is -0.497. The van der Waals surface area contributed by atoms with Crippen molar-refractivity contribution in [3.05, 3.63) is 41.2 Å². The number of amides is 2. The molecule has 150 valence electrons. The molecule has 10 heteroatoms. The van der Waals surface area contributed by atoms with E-state index < -0.39 is 6.04 Å². The normalized spacial score (nSPS) is 20.1. The number of hydrogen-bond donors (Lipinski definition) is 2. The standard InChI is InChI=1S/C18H21ClN6O2.ClH/c19-12-1-3-13(4-2-12)24-10-7-15(18(24)27)21-17(26)16-11-25(23-22-16)14-5-8-20-9-6-14;/h1-4,11,14-15,20H,5-10H2,(H,21,26);1H. The molecule has 8 nitrogen and oxygen atoms in total. The number of carbonyl (C=O) groups is 2. The van der Waals surface area contributed by atoms with Gasteiger partial charge in [0, 0.05) is 17.3 Å². The van der Waals surface area contributed by atoms with Crippen LogP contribution in [0.15, 0.2) is 30.5 Å². The number of halogens is 2. The minimum Gasteiger partial charge on any atom is -0.339 e. The van der Waals surface area contributed by atoms with Crippen molar-refractivity contribution in [3.8, 4) is 0 Å². The SMILES string of the molecule is Cl.O=C(NC1CCN(c2ccc(Cl)cc2)C1=O)c1cn(C2CCNCC2)nn1. The number of piperidine rings is 1. The molecule has 1 atom stereocenters. The van der Waals surface area contributed by atoms with Crippen LogP contribution in [0.2, 0.25) is 5.02 Å². The third-order valence-corrected chi connectivity index (χ3v) is 5.33. The molecule has 1 unspecified atom stereocenters. The third-order valence-electron chi connectivity index (χ3n) is 5.07. The number of rotatable bonds is 4. The molecule has 2 N–H and O–H groups in total. The Morgan fingerprint density at radius 2 is 1.89 bits per heavy atom. The summed E-state index contributed by atoms with van der Waals surface area (Å²) in [6.07, 6.45) is 4.14. The van der Waals surface area contributed by atoms with Gasteiger partial charge in [0.2, 0.25) is 5.91 Å². The molecule has 4 rings (SSSR count). The smallest absolute Gasteiger partial charge is 0.274 e. The molecular weight excluding hydrogens is 403 g/mol. The summed E-state index contributed by atoms with van der Waals surface area (Å²) in [5.41, 5.74) is 1.02. The lowest BCUT2D eigenvalue weighted by molar-refractivity contribution is -0.118. The highest BCUT2D eigenvalue weighted by atomic mass is 35.5. The topological polar surface area (TPSA) is 92.2 Å². The minimum atomic E-state index is -0.558. The van der Waals surface area contributed by atoms with Gasteiger partial charge in [-0.1, -0.05) is 16.8 Å². The first kappa shape index (κ1) is 20.6. The highest BCUT2D eigenvalue weighted by Gasteiger charge is 2.34. The van der Waals surface area contributed by atoms with Crippen LogP contribution in [-0.4, -0.2) is 52.5 Å². The molecule has 2 aliphatic rings. The maximum Gasteiger partial charge on any atom is 0.274 e. The van der Waals surface area contributed by atoms with Crippen LogP contribution in [0.1, 0.15) is 35.8 Å². The lowest BCUT2D eigenvalue weighted by Gasteiger charge is -2.22. The van der Waals surface area contributed by atoms with Crippen LogP contribution in [0.5, 0.6) is 0 Å². The first-order valence-corrected chi connectivity index (χ1v) is 9.50. The predicted molar refractivity (Wildman–Crippen MR) is 108 cm³/mol. The summed E-state index contributed by atoms with van der Waals surface area (Å²) in [5, 5.41) is 14.8. The van der Waals surface area contributed by atoms with E-state index in [1.165, 1.54) is 0 Å². The molecule has 1 aromatic heterocycles. The van der Waals surface area contributed by atoms with Gasteiger partial charge in [0.25, 0.3) is 5.91 Å². The van der Waals surface area contributed by atoms with Crippen molar-refractivity contribution in [2.45, 2.75) is 31.3 Å². The van der Waals surface area contributed by atoms with E-state index in [0.29, 0.717) is 18.0 Å². The highest BCUT2D eigenvalue weighted by Crippen LogP contribution is 2.23. The number of nitrogens with zero attached hydrogens (tertiary/aromatic N) is 4. The van der Waals surface area contributed by atoms with Crippen molar-refractivity contribution >= 4 is 41.5 Å². The van der Waals surface area contributed by atoms with Gasteiger partial charge in [0.05, 0.1) is 12.2 Å². The highest BCUT2D eigenvalue weighted by molar-refractivity contribution is 6.30. The van der Waals surface area contributed by atoms with Crippen LogP contribution in [0, 0.1) is 0 Å². The van der Waals surface area contributed by atoms with Crippen molar-refractivity contribution in [3.63, 3.8) is 0 Å². The van der Waals surface area contributed by atoms with Crippen molar-refractivity contribution in [1.82, 2.24) is 25.6 Å². The van der Waals surface area contributed by atoms with Gasteiger partial charge in [-0.2, -0.15) is 0 Å². The fraction of sp³-hybridized carbons (Fsp3) is 0.444. The summed E-state index contributed by atoms with van der Waals surface area (Å²) in [6.45, 7) is 2.42. The lowest BCUT2D eigenvalue weighted by atomic mass is 10.1. The van der Waals surface area contributed by atoms with Crippen LogP contribution in [-0.2, 0) is 4.79 Å². The summed E-state index contributed by atoms with van der Waals surface area (Å²) in [4.78, 5) is 26.8. The lowest BCUT2D eigenvalue weighted by Crippen LogP contribution is -2.41. The minimum absolute atomic E-state index is 0. The van der Waals surface area contributed by atoms with Crippen LogP contribution in [0.25, 0.3) is 0 Å². The summed E-state index contributed by atoms with van der Waals surface area (Å²) in [6, 6.07) is 6.79. The number of carbonyl (C=O) groups excluding carboxylic acids is 2. The zero-order valence-electron chi connectivity index (χ0n) is 15.2. The first-order chi connectivity index (χ1) is 13.1. The van der Waals surface area contributed by atoms with E-state index in [-0.39, 0.29) is 36.0 Å². The Labute approximate surface area is 174 Å². The molecule has 0 radical (unpaired) electrons. The number of aromatic nitrogens is 3. The maximum atomic E-state index is 12.6. The summed E-state index contributed by atoms with van der Waals surface area (Å²) >= 11 is 5.90. The van der Waals surface area contributed by atoms with E-state index in [0.717, 1.165) is 31.6 Å². The van der Waals surface area contributed by atoms with E-state index >= 15 is 0 Å². The van der Waals surface area contributed by atoms with Crippen molar-refractivity contribution in [2.24, 2.45) is 0 Å². The van der Waals surface area contributed by atoms with E-state index in [9.17, 15) is 9.59 Å². The second-order valence-corrected chi connectivity index (χ2v) is 7.28. The fourth-order valence-corrected chi connectivity index (χ4v) is 3.68.